The number of hydrogen-bond acceptors (Lipinski definition) is 5. The highest BCUT2D eigenvalue weighted by molar-refractivity contribution is 5.17. The molecular weight excluding hydrogens is 230 g/mol. The highest BCUT2D eigenvalue weighted by atomic mass is 16.5. The number of nitrogens with two attached hydrogens (primary N) is 1. The van der Waals surface area contributed by atoms with Crippen LogP contribution in [0, 0.1) is 17.2 Å². The molecule has 1 aliphatic carbocycles. The van der Waals surface area contributed by atoms with Crippen molar-refractivity contribution in [2.45, 2.75) is 37.3 Å². The maximum absolute atomic E-state index is 9.12. The van der Waals surface area contributed by atoms with Crippen LogP contribution in [0.4, 0.5) is 0 Å². The summed E-state index contributed by atoms with van der Waals surface area (Å²) in [5.41, 5.74) is 6.58. The molecule has 3 rings (SSSR count). The van der Waals surface area contributed by atoms with Crippen LogP contribution in [-0.4, -0.2) is 28.2 Å². The molecule has 96 valence electrons. The quantitative estimate of drug-likeness (QED) is 0.849. The Hall–Kier alpha value is -1.45. The van der Waals surface area contributed by atoms with Gasteiger partial charge < -0.3 is 10.5 Å². The van der Waals surface area contributed by atoms with Crippen molar-refractivity contribution < 1.29 is 4.74 Å². The van der Waals surface area contributed by atoms with E-state index >= 15 is 0 Å². The molecule has 0 unspecified atom stereocenters. The van der Waals surface area contributed by atoms with Gasteiger partial charge in [0.05, 0.1) is 24.0 Å². The van der Waals surface area contributed by atoms with Gasteiger partial charge in [0.15, 0.2) is 5.54 Å². The van der Waals surface area contributed by atoms with Crippen LogP contribution < -0.4 is 5.73 Å². The van der Waals surface area contributed by atoms with Crippen LogP contribution in [0.25, 0.3) is 0 Å². The summed E-state index contributed by atoms with van der Waals surface area (Å²) in [6.45, 7) is 1.54. The van der Waals surface area contributed by atoms with Crippen LogP contribution >= 0.6 is 0 Å². The number of nitriles is 1. The highest BCUT2D eigenvalue weighted by Gasteiger charge is 2.46. The summed E-state index contributed by atoms with van der Waals surface area (Å²) in [6, 6.07) is 2.20. The SMILES string of the molecule is N#CC1(n2cc([C@@H](N)C3CCOCC3)nn2)CC1. The van der Waals surface area contributed by atoms with Gasteiger partial charge in [0, 0.05) is 13.2 Å². The maximum atomic E-state index is 9.12. The topological polar surface area (TPSA) is 89.8 Å². The summed E-state index contributed by atoms with van der Waals surface area (Å²) >= 11 is 0. The van der Waals surface area contributed by atoms with E-state index in [9.17, 15) is 0 Å². The fraction of sp³-hybridized carbons (Fsp3) is 0.750. The average Bonchev–Trinajstić information content (AvgIpc) is 3.08. The summed E-state index contributed by atoms with van der Waals surface area (Å²) in [5.74, 6) is 0.404. The molecular formula is C12H17N5O. The fourth-order valence-corrected chi connectivity index (χ4v) is 2.47. The van der Waals surface area contributed by atoms with Gasteiger partial charge in [0.1, 0.15) is 0 Å². The molecule has 18 heavy (non-hydrogen) atoms. The summed E-state index contributed by atoms with van der Waals surface area (Å²) < 4.78 is 7.01. The normalized spacial score (nSPS) is 24.4. The zero-order chi connectivity index (χ0) is 12.6. The van der Waals surface area contributed by atoms with Crippen molar-refractivity contribution in [3.05, 3.63) is 11.9 Å². The second kappa shape index (κ2) is 4.34. The van der Waals surface area contributed by atoms with E-state index in [1.165, 1.54) is 0 Å². The largest absolute Gasteiger partial charge is 0.381 e. The number of aromatic nitrogens is 3. The number of rotatable bonds is 3. The maximum Gasteiger partial charge on any atom is 0.150 e. The van der Waals surface area contributed by atoms with E-state index in [1.807, 2.05) is 6.20 Å². The van der Waals surface area contributed by atoms with Crippen LogP contribution in [-0.2, 0) is 10.3 Å². The van der Waals surface area contributed by atoms with Crippen LogP contribution in [0.2, 0.25) is 0 Å². The van der Waals surface area contributed by atoms with Crippen LogP contribution in [0.15, 0.2) is 6.20 Å². The molecule has 1 saturated carbocycles. The van der Waals surface area contributed by atoms with E-state index in [0.717, 1.165) is 44.6 Å². The first kappa shape index (κ1) is 11.6. The van der Waals surface area contributed by atoms with Gasteiger partial charge in [-0.05, 0) is 31.6 Å². The first-order valence-corrected chi connectivity index (χ1v) is 6.42. The van der Waals surface area contributed by atoms with Crippen molar-refractivity contribution >= 4 is 0 Å². The lowest BCUT2D eigenvalue weighted by Gasteiger charge is -2.26. The van der Waals surface area contributed by atoms with E-state index in [-0.39, 0.29) is 6.04 Å². The number of hydrogen-bond donors (Lipinski definition) is 1. The Morgan fingerprint density at radius 3 is 2.83 bits per heavy atom. The van der Waals surface area contributed by atoms with Gasteiger partial charge in [0.25, 0.3) is 0 Å². The minimum Gasteiger partial charge on any atom is -0.381 e. The Morgan fingerprint density at radius 1 is 1.50 bits per heavy atom. The molecule has 0 amide bonds. The molecule has 0 radical (unpaired) electrons. The van der Waals surface area contributed by atoms with Crippen molar-refractivity contribution in [2.75, 3.05) is 13.2 Å². The van der Waals surface area contributed by atoms with Gasteiger partial charge in [0.2, 0.25) is 0 Å². The summed E-state index contributed by atoms with van der Waals surface area (Å²) in [4.78, 5) is 0. The molecule has 1 aromatic heterocycles. The van der Waals surface area contributed by atoms with Crippen LogP contribution in [0.3, 0.4) is 0 Å². The second-order valence-corrected chi connectivity index (χ2v) is 5.21. The van der Waals surface area contributed by atoms with Gasteiger partial charge in [-0.15, -0.1) is 5.10 Å². The molecule has 0 bridgehead atoms. The van der Waals surface area contributed by atoms with E-state index in [0.29, 0.717) is 5.92 Å². The Labute approximate surface area is 106 Å². The summed E-state index contributed by atoms with van der Waals surface area (Å²) in [5, 5.41) is 17.3. The van der Waals surface area contributed by atoms with Crippen molar-refractivity contribution in [3.63, 3.8) is 0 Å². The predicted molar refractivity (Wildman–Crippen MR) is 63.3 cm³/mol. The Balaban J connectivity index is 1.75. The van der Waals surface area contributed by atoms with Gasteiger partial charge in [-0.1, -0.05) is 5.21 Å². The Bertz CT molecular complexity index is 467. The van der Waals surface area contributed by atoms with Crippen LogP contribution in [0.1, 0.15) is 37.4 Å². The Morgan fingerprint density at radius 2 is 2.22 bits per heavy atom. The molecule has 1 aromatic rings. The fourth-order valence-electron chi connectivity index (χ4n) is 2.47. The van der Waals surface area contributed by atoms with E-state index in [1.54, 1.807) is 4.68 Å². The standard InChI is InChI=1S/C12H17N5O/c13-8-12(3-4-12)17-7-10(15-16-17)11(14)9-1-5-18-6-2-9/h7,9,11H,1-6,14H2/t11-/m0/s1. The third-order valence-electron chi connectivity index (χ3n) is 4.00. The zero-order valence-corrected chi connectivity index (χ0v) is 10.2. The molecule has 0 aromatic carbocycles. The molecule has 2 aliphatic rings. The summed E-state index contributed by atoms with van der Waals surface area (Å²) in [7, 11) is 0. The molecule has 1 saturated heterocycles. The average molecular weight is 247 g/mol. The van der Waals surface area contributed by atoms with Gasteiger partial charge in [-0.3, -0.25) is 0 Å². The van der Waals surface area contributed by atoms with Gasteiger partial charge in [-0.2, -0.15) is 5.26 Å². The lowest BCUT2D eigenvalue weighted by Crippen LogP contribution is -2.27. The molecule has 2 N–H and O–H groups in total. The number of ether oxygens (including phenoxy) is 1. The first-order chi connectivity index (χ1) is 8.75. The first-order valence-electron chi connectivity index (χ1n) is 6.42. The molecule has 0 spiro atoms. The third-order valence-corrected chi connectivity index (χ3v) is 4.00. The monoisotopic (exact) mass is 247 g/mol. The molecule has 2 fully saturated rings. The third kappa shape index (κ3) is 1.89. The highest BCUT2D eigenvalue weighted by Crippen LogP contribution is 2.42. The van der Waals surface area contributed by atoms with Crippen molar-refractivity contribution in [3.8, 4) is 6.07 Å². The smallest absolute Gasteiger partial charge is 0.150 e. The lowest BCUT2D eigenvalue weighted by atomic mass is 9.91. The van der Waals surface area contributed by atoms with Crippen LogP contribution in [0.5, 0.6) is 0 Å². The second-order valence-electron chi connectivity index (χ2n) is 5.21. The van der Waals surface area contributed by atoms with E-state index in [4.69, 9.17) is 15.7 Å². The van der Waals surface area contributed by atoms with Gasteiger partial charge >= 0.3 is 0 Å². The summed E-state index contributed by atoms with van der Waals surface area (Å²) in [6.07, 6.45) is 5.50. The van der Waals surface area contributed by atoms with E-state index in [2.05, 4.69) is 16.4 Å². The van der Waals surface area contributed by atoms with E-state index < -0.39 is 5.54 Å². The minimum atomic E-state index is -0.444. The van der Waals surface area contributed by atoms with Crippen molar-refractivity contribution in [2.24, 2.45) is 11.7 Å². The minimum absolute atomic E-state index is 0.0999. The molecule has 1 atom stereocenters. The zero-order valence-electron chi connectivity index (χ0n) is 10.2. The Kier molecular flexibility index (Phi) is 2.80. The molecule has 6 nitrogen and oxygen atoms in total. The van der Waals surface area contributed by atoms with Gasteiger partial charge in [-0.25, -0.2) is 4.68 Å². The lowest BCUT2D eigenvalue weighted by molar-refractivity contribution is 0.0579. The number of nitrogens with zero attached hydrogens (tertiary/aromatic N) is 4. The predicted octanol–water partition coefficient (Wildman–Crippen LogP) is 0.717. The molecule has 6 heteroatoms. The molecule has 1 aliphatic heterocycles. The van der Waals surface area contributed by atoms with Crippen molar-refractivity contribution in [1.29, 1.82) is 5.26 Å². The molecule has 2 heterocycles. The van der Waals surface area contributed by atoms with Crippen molar-refractivity contribution in [1.82, 2.24) is 15.0 Å².